The maximum atomic E-state index is 4.07. The van der Waals surface area contributed by atoms with Gasteiger partial charge in [-0.25, -0.2) is 0 Å². The number of rotatable bonds is 3. The van der Waals surface area contributed by atoms with Crippen molar-refractivity contribution in [1.82, 2.24) is 4.98 Å². The summed E-state index contributed by atoms with van der Waals surface area (Å²) in [5, 5.41) is 0. The predicted molar refractivity (Wildman–Crippen MR) is 85.4 cm³/mol. The van der Waals surface area contributed by atoms with Gasteiger partial charge in [-0.3, -0.25) is 0 Å². The monoisotopic (exact) mass is 269 g/mol. The van der Waals surface area contributed by atoms with Gasteiger partial charge >= 0.3 is 0 Å². The van der Waals surface area contributed by atoms with Gasteiger partial charge in [-0.1, -0.05) is 41.2 Å². The van der Waals surface area contributed by atoms with Crippen LogP contribution in [0.25, 0.3) is 0 Å². The quantitative estimate of drug-likeness (QED) is 0.719. The molecule has 1 N–H and O–H groups in total. The molecule has 2 heteroatoms. The molecule has 18 heavy (non-hydrogen) atoms. The highest BCUT2D eigenvalue weighted by Gasteiger charge is 2.51. The van der Waals surface area contributed by atoms with Crippen molar-refractivity contribution in [2.75, 3.05) is 0 Å². The standard InChI is InChI=1S/C16H35NSi/c1-10-18(9,17-16(6,7)8)15-13(4)11(2)12(3)14(15)5/h11-15,17H,10H2,1-9H3/t11?,12?,13?,14?,15?,18-/m0/s1. The summed E-state index contributed by atoms with van der Waals surface area (Å²) in [7, 11) is -1.39. The molecule has 1 saturated carbocycles. The predicted octanol–water partition coefficient (Wildman–Crippen LogP) is 4.90. The van der Waals surface area contributed by atoms with Crippen molar-refractivity contribution in [3.8, 4) is 0 Å². The molecule has 1 aliphatic carbocycles. The van der Waals surface area contributed by atoms with E-state index < -0.39 is 8.24 Å². The minimum Gasteiger partial charge on any atom is -0.332 e. The lowest BCUT2D eigenvalue weighted by atomic mass is 9.92. The van der Waals surface area contributed by atoms with Gasteiger partial charge in [0.25, 0.3) is 0 Å². The largest absolute Gasteiger partial charge is 0.332 e. The fourth-order valence-corrected chi connectivity index (χ4v) is 9.97. The minimum absolute atomic E-state index is 0.255. The second-order valence-electron chi connectivity index (χ2n) is 8.11. The molecule has 1 rings (SSSR count). The molecule has 0 aromatic rings. The molecular weight excluding hydrogens is 234 g/mol. The fraction of sp³-hybridized carbons (Fsp3) is 1.00. The summed E-state index contributed by atoms with van der Waals surface area (Å²) in [6.07, 6.45) is 0. The summed E-state index contributed by atoms with van der Waals surface area (Å²) in [5.74, 6) is 3.51. The Bertz CT molecular complexity index is 269. The lowest BCUT2D eigenvalue weighted by molar-refractivity contribution is 0.352. The highest BCUT2D eigenvalue weighted by atomic mass is 28.3. The molecule has 5 atom stereocenters. The third-order valence-corrected chi connectivity index (χ3v) is 11.1. The molecule has 0 amide bonds. The average Bonchev–Trinajstić information content (AvgIpc) is 2.41. The van der Waals surface area contributed by atoms with Gasteiger partial charge in [0, 0.05) is 5.54 Å². The molecule has 1 nitrogen and oxygen atoms in total. The van der Waals surface area contributed by atoms with Gasteiger partial charge in [0.2, 0.25) is 0 Å². The molecule has 1 aliphatic rings. The first-order chi connectivity index (χ1) is 8.03. The smallest absolute Gasteiger partial charge is 0.126 e. The van der Waals surface area contributed by atoms with Crippen molar-refractivity contribution >= 4 is 8.24 Å². The van der Waals surface area contributed by atoms with E-state index in [4.69, 9.17) is 0 Å². The van der Waals surface area contributed by atoms with E-state index in [0.717, 1.165) is 29.2 Å². The summed E-state index contributed by atoms with van der Waals surface area (Å²) < 4.78 is 0. The molecule has 0 radical (unpaired) electrons. The molecule has 0 aliphatic heterocycles. The van der Waals surface area contributed by atoms with E-state index in [9.17, 15) is 0 Å². The Morgan fingerprint density at radius 2 is 1.28 bits per heavy atom. The first kappa shape index (κ1) is 16.2. The van der Waals surface area contributed by atoms with Crippen LogP contribution in [0.3, 0.4) is 0 Å². The Morgan fingerprint density at radius 1 is 0.889 bits per heavy atom. The van der Waals surface area contributed by atoms with Gasteiger partial charge in [0.15, 0.2) is 0 Å². The van der Waals surface area contributed by atoms with E-state index >= 15 is 0 Å². The first-order valence-corrected chi connectivity index (χ1v) is 10.6. The van der Waals surface area contributed by atoms with E-state index in [1.54, 1.807) is 0 Å². The second-order valence-corrected chi connectivity index (χ2v) is 12.6. The Labute approximate surface area is 116 Å². The molecule has 1 fully saturated rings. The van der Waals surface area contributed by atoms with E-state index in [0.29, 0.717) is 0 Å². The van der Waals surface area contributed by atoms with Gasteiger partial charge in [-0.15, -0.1) is 0 Å². The van der Waals surface area contributed by atoms with E-state index in [-0.39, 0.29) is 5.54 Å². The molecule has 0 aromatic carbocycles. The molecule has 0 saturated heterocycles. The Kier molecular flexibility index (Phi) is 4.76. The van der Waals surface area contributed by atoms with Crippen LogP contribution in [0.4, 0.5) is 0 Å². The van der Waals surface area contributed by atoms with Gasteiger partial charge in [-0.2, -0.15) is 0 Å². The zero-order chi connectivity index (χ0) is 14.3. The van der Waals surface area contributed by atoms with Crippen LogP contribution in [0.2, 0.25) is 18.1 Å². The molecule has 0 spiro atoms. The van der Waals surface area contributed by atoms with Crippen LogP contribution < -0.4 is 4.98 Å². The van der Waals surface area contributed by atoms with Crippen LogP contribution in [0.1, 0.15) is 55.4 Å². The zero-order valence-corrected chi connectivity index (χ0v) is 15.1. The summed E-state index contributed by atoms with van der Waals surface area (Å²) >= 11 is 0. The molecule has 4 unspecified atom stereocenters. The first-order valence-electron chi connectivity index (χ1n) is 7.83. The zero-order valence-electron chi connectivity index (χ0n) is 14.1. The van der Waals surface area contributed by atoms with Crippen molar-refractivity contribution in [3.63, 3.8) is 0 Å². The van der Waals surface area contributed by atoms with Crippen LogP contribution >= 0.6 is 0 Å². The molecular formula is C16H35NSi. The minimum atomic E-state index is -1.39. The van der Waals surface area contributed by atoms with Gasteiger partial charge < -0.3 is 4.98 Å². The maximum Gasteiger partial charge on any atom is 0.126 e. The third-order valence-electron chi connectivity index (χ3n) is 5.75. The fourth-order valence-electron chi connectivity index (χ4n) is 4.52. The topological polar surface area (TPSA) is 12.0 Å². The van der Waals surface area contributed by atoms with Crippen LogP contribution in [0.5, 0.6) is 0 Å². The van der Waals surface area contributed by atoms with Crippen LogP contribution in [-0.2, 0) is 0 Å². The van der Waals surface area contributed by atoms with Crippen LogP contribution in [-0.4, -0.2) is 13.8 Å². The number of hydrogen-bond donors (Lipinski definition) is 1. The maximum absolute atomic E-state index is 4.07. The summed E-state index contributed by atoms with van der Waals surface area (Å²) in [4.78, 5) is 4.07. The Hall–Kier alpha value is 0.177. The van der Waals surface area contributed by atoms with Crippen molar-refractivity contribution < 1.29 is 0 Å². The Balaban J connectivity index is 3.01. The SMILES string of the molecule is CC[Si@](C)(NC(C)(C)C)C1C(C)C(C)C(C)C1C. The van der Waals surface area contributed by atoms with Crippen molar-refractivity contribution in [3.05, 3.63) is 0 Å². The van der Waals surface area contributed by atoms with E-state index in [1.807, 2.05) is 0 Å². The van der Waals surface area contributed by atoms with Gasteiger partial charge in [-0.05, 0) is 56.0 Å². The Morgan fingerprint density at radius 3 is 1.56 bits per heavy atom. The van der Waals surface area contributed by atoms with Crippen LogP contribution in [0.15, 0.2) is 0 Å². The molecule has 108 valence electrons. The molecule has 0 bridgehead atoms. The van der Waals surface area contributed by atoms with Crippen molar-refractivity contribution in [2.45, 2.75) is 79.1 Å². The van der Waals surface area contributed by atoms with Crippen molar-refractivity contribution in [2.24, 2.45) is 23.7 Å². The highest BCUT2D eigenvalue weighted by molar-refractivity contribution is 6.78. The average molecular weight is 270 g/mol. The molecule has 0 aromatic heterocycles. The lowest BCUT2D eigenvalue weighted by Gasteiger charge is -2.43. The number of hydrogen-bond acceptors (Lipinski definition) is 1. The third kappa shape index (κ3) is 3.01. The summed E-state index contributed by atoms with van der Waals surface area (Å²) in [6, 6.07) is 1.35. The van der Waals surface area contributed by atoms with Crippen LogP contribution in [0, 0.1) is 23.7 Å². The molecule has 0 heterocycles. The summed E-state index contributed by atoms with van der Waals surface area (Å²) in [5.41, 5.74) is 1.18. The highest BCUT2D eigenvalue weighted by Crippen LogP contribution is 2.53. The number of nitrogens with one attached hydrogen (secondary N) is 1. The second kappa shape index (κ2) is 5.28. The van der Waals surface area contributed by atoms with Crippen molar-refractivity contribution in [1.29, 1.82) is 0 Å². The van der Waals surface area contributed by atoms with E-state index in [1.165, 1.54) is 6.04 Å². The summed E-state index contributed by atoms with van der Waals surface area (Å²) in [6.45, 7) is 21.9. The van der Waals surface area contributed by atoms with Gasteiger partial charge in [0.05, 0.1) is 0 Å². The normalized spacial score (nSPS) is 40.8. The van der Waals surface area contributed by atoms with E-state index in [2.05, 4.69) is 66.9 Å². The lowest BCUT2D eigenvalue weighted by Crippen LogP contribution is -2.60. The van der Waals surface area contributed by atoms with Gasteiger partial charge in [0.1, 0.15) is 8.24 Å².